The van der Waals surface area contributed by atoms with Crippen LogP contribution in [0.4, 0.5) is 0 Å². The Kier molecular flexibility index (Phi) is 5.82. The second-order valence-corrected chi connectivity index (χ2v) is 10.6. The number of carboxylic acids is 1. The molecule has 0 saturated heterocycles. The molecule has 0 aromatic carbocycles. The van der Waals surface area contributed by atoms with Crippen LogP contribution in [0.2, 0.25) is 0 Å². The van der Waals surface area contributed by atoms with Crippen LogP contribution in [-0.4, -0.2) is 42.1 Å². The molecule has 4 aliphatic carbocycles. The van der Waals surface area contributed by atoms with Gasteiger partial charge in [0.05, 0.1) is 18.0 Å². The minimum atomic E-state index is -0.833. The molecule has 30 heavy (non-hydrogen) atoms. The van der Waals surface area contributed by atoms with Crippen molar-refractivity contribution in [3.05, 3.63) is 23.5 Å². The Labute approximate surface area is 180 Å². The summed E-state index contributed by atoms with van der Waals surface area (Å²) >= 11 is 0. The lowest BCUT2D eigenvalue weighted by molar-refractivity contribution is -0.145. The van der Waals surface area contributed by atoms with E-state index in [4.69, 9.17) is 14.6 Å². The third-order valence-electron chi connectivity index (χ3n) is 9.38. The molecule has 0 heterocycles. The van der Waals surface area contributed by atoms with E-state index < -0.39 is 11.6 Å². The molecule has 0 aliphatic heterocycles. The number of methoxy groups -OCH3 is 1. The van der Waals surface area contributed by atoms with Crippen LogP contribution in [0.15, 0.2) is 23.5 Å². The van der Waals surface area contributed by atoms with E-state index in [1.54, 1.807) is 7.11 Å². The summed E-state index contributed by atoms with van der Waals surface area (Å²) in [6.07, 6.45) is 12.2. The van der Waals surface area contributed by atoms with Gasteiger partial charge in [0, 0.05) is 20.0 Å². The fourth-order valence-electron chi connectivity index (χ4n) is 7.50. The van der Waals surface area contributed by atoms with Crippen molar-refractivity contribution >= 4 is 5.97 Å². The third kappa shape index (κ3) is 3.42. The lowest BCUT2D eigenvalue weighted by atomic mass is 9.47. The van der Waals surface area contributed by atoms with Crippen LogP contribution in [0.1, 0.15) is 71.6 Å². The van der Waals surface area contributed by atoms with Gasteiger partial charge in [0.25, 0.3) is 0 Å². The first-order chi connectivity index (χ1) is 14.2. The van der Waals surface area contributed by atoms with Crippen molar-refractivity contribution in [2.45, 2.75) is 77.2 Å². The molecule has 0 bridgehead atoms. The highest BCUT2D eigenvalue weighted by atomic mass is 16.5. The minimum absolute atomic E-state index is 0.0608. The van der Waals surface area contributed by atoms with E-state index in [1.165, 1.54) is 5.57 Å². The third-order valence-corrected chi connectivity index (χ3v) is 9.38. The largest absolute Gasteiger partial charge is 0.496 e. The van der Waals surface area contributed by atoms with Crippen LogP contribution in [0.25, 0.3) is 0 Å². The van der Waals surface area contributed by atoms with Crippen LogP contribution >= 0.6 is 0 Å². The number of aliphatic hydroxyl groups is 1. The summed E-state index contributed by atoms with van der Waals surface area (Å²) in [5.74, 6) is 1.97. The van der Waals surface area contributed by atoms with E-state index in [9.17, 15) is 9.90 Å². The van der Waals surface area contributed by atoms with Gasteiger partial charge in [0.15, 0.2) is 0 Å². The smallest absolute Gasteiger partial charge is 0.303 e. The number of hydrogen-bond acceptors (Lipinski definition) is 4. The summed E-state index contributed by atoms with van der Waals surface area (Å²) in [4.78, 5) is 11.2. The molecule has 0 aromatic rings. The van der Waals surface area contributed by atoms with Crippen LogP contribution in [0.3, 0.4) is 0 Å². The summed E-state index contributed by atoms with van der Waals surface area (Å²) in [6, 6.07) is 0. The zero-order valence-electron chi connectivity index (χ0n) is 18.8. The normalized spacial score (nSPS) is 42.5. The van der Waals surface area contributed by atoms with Crippen LogP contribution in [0.5, 0.6) is 0 Å². The lowest BCUT2D eigenvalue weighted by Crippen LogP contribution is -2.54. The van der Waals surface area contributed by atoms with Gasteiger partial charge in [0.2, 0.25) is 0 Å². The SMILES string of the molecule is COCCOC1=CC2=CC[C@@H]3[C@H](CC[C@@]4(C)[C@H]3CC[C@]4(O)CCC(=O)O)[C@@]2(C)CC1. The maximum atomic E-state index is 11.5. The quantitative estimate of drug-likeness (QED) is 0.586. The number of carboxylic acid groups (broad SMARTS) is 1. The molecule has 0 radical (unpaired) electrons. The summed E-state index contributed by atoms with van der Waals surface area (Å²) in [5, 5.41) is 20.7. The van der Waals surface area contributed by atoms with Crippen LogP contribution < -0.4 is 0 Å². The van der Waals surface area contributed by atoms with Crippen molar-refractivity contribution in [2.75, 3.05) is 20.3 Å². The van der Waals surface area contributed by atoms with Crippen molar-refractivity contribution in [1.82, 2.24) is 0 Å². The summed E-state index contributed by atoms with van der Waals surface area (Å²) < 4.78 is 11.0. The number of rotatable bonds is 7. The Morgan fingerprint density at radius 1 is 1.17 bits per heavy atom. The van der Waals surface area contributed by atoms with Gasteiger partial charge in [-0.15, -0.1) is 0 Å². The number of hydrogen-bond donors (Lipinski definition) is 2. The van der Waals surface area contributed by atoms with Gasteiger partial charge in [-0.25, -0.2) is 0 Å². The summed E-state index contributed by atoms with van der Waals surface area (Å²) in [6.45, 7) is 5.90. The van der Waals surface area contributed by atoms with Gasteiger partial charge < -0.3 is 19.7 Å². The molecular formula is C25H38O5. The predicted molar refractivity (Wildman–Crippen MR) is 115 cm³/mol. The second-order valence-electron chi connectivity index (χ2n) is 10.6. The van der Waals surface area contributed by atoms with Gasteiger partial charge >= 0.3 is 5.97 Å². The molecule has 2 fully saturated rings. The maximum Gasteiger partial charge on any atom is 0.303 e. The van der Waals surface area contributed by atoms with Gasteiger partial charge in [-0.2, -0.15) is 0 Å². The number of allylic oxidation sites excluding steroid dienone is 4. The van der Waals surface area contributed by atoms with E-state index in [1.807, 2.05) is 0 Å². The zero-order valence-corrected chi connectivity index (χ0v) is 18.8. The molecule has 4 rings (SSSR count). The maximum absolute atomic E-state index is 11.5. The fourth-order valence-corrected chi connectivity index (χ4v) is 7.50. The van der Waals surface area contributed by atoms with Crippen molar-refractivity contribution in [3.63, 3.8) is 0 Å². The van der Waals surface area contributed by atoms with E-state index in [2.05, 4.69) is 26.0 Å². The molecule has 0 unspecified atom stereocenters. The molecule has 0 spiro atoms. The molecule has 168 valence electrons. The molecular weight excluding hydrogens is 380 g/mol. The van der Waals surface area contributed by atoms with Crippen molar-refractivity contribution in [2.24, 2.45) is 28.6 Å². The number of ether oxygens (including phenoxy) is 2. The standard InChI is InChI=1S/C25H38O5/c1-23-10-6-18(30-15-14-29-3)16-17(23)4-5-19-20(23)7-11-24(2)21(19)8-12-25(24,28)13-9-22(26)27/h4,16,19-21,28H,5-15H2,1-3H3,(H,26,27)/t19-,20+,21+,23+,24+,25+/m1/s1. The first-order valence-electron chi connectivity index (χ1n) is 11.7. The zero-order chi connectivity index (χ0) is 21.6. The van der Waals surface area contributed by atoms with Crippen LogP contribution in [-0.2, 0) is 14.3 Å². The lowest BCUT2D eigenvalue weighted by Gasteiger charge is -2.58. The van der Waals surface area contributed by atoms with E-state index in [-0.39, 0.29) is 17.3 Å². The average Bonchev–Trinajstić information content (AvgIpc) is 2.98. The minimum Gasteiger partial charge on any atom is -0.496 e. The summed E-state index contributed by atoms with van der Waals surface area (Å²) in [7, 11) is 1.70. The molecule has 0 aromatic heterocycles. The Balaban J connectivity index is 1.54. The van der Waals surface area contributed by atoms with Crippen molar-refractivity contribution in [1.29, 1.82) is 0 Å². The molecule has 6 atom stereocenters. The Morgan fingerprint density at radius 2 is 1.93 bits per heavy atom. The van der Waals surface area contributed by atoms with E-state index in [0.29, 0.717) is 37.4 Å². The number of carbonyl (C=O) groups is 1. The molecule has 2 saturated carbocycles. The van der Waals surface area contributed by atoms with Gasteiger partial charge in [-0.1, -0.05) is 19.9 Å². The summed E-state index contributed by atoms with van der Waals surface area (Å²) in [5.41, 5.74) is 0.621. The number of fused-ring (bicyclic) bond motifs is 5. The highest BCUT2D eigenvalue weighted by Gasteiger charge is 2.63. The average molecular weight is 419 g/mol. The van der Waals surface area contributed by atoms with E-state index in [0.717, 1.165) is 50.7 Å². The molecule has 5 nitrogen and oxygen atoms in total. The van der Waals surface area contributed by atoms with Gasteiger partial charge in [0.1, 0.15) is 6.61 Å². The van der Waals surface area contributed by atoms with Gasteiger partial charge in [-0.3, -0.25) is 4.79 Å². The molecule has 5 heteroatoms. The highest BCUT2D eigenvalue weighted by Crippen LogP contribution is 2.67. The first-order valence-corrected chi connectivity index (χ1v) is 11.7. The van der Waals surface area contributed by atoms with Crippen molar-refractivity contribution < 1.29 is 24.5 Å². The fraction of sp³-hybridized carbons (Fsp3) is 0.800. The van der Waals surface area contributed by atoms with Crippen LogP contribution in [0, 0.1) is 28.6 Å². The Bertz CT molecular complexity index is 742. The monoisotopic (exact) mass is 418 g/mol. The predicted octanol–water partition coefficient (Wildman–Crippen LogP) is 4.70. The first kappa shape index (κ1) is 21.9. The molecule has 0 amide bonds. The van der Waals surface area contributed by atoms with Crippen molar-refractivity contribution in [3.8, 4) is 0 Å². The number of aliphatic carboxylic acids is 1. The highest BCUT2D eigenvalue weighted by molar-refractivity contribution is 5.66. The molecule has 4 aliphatic rings. The van der Waals surface area contributed by atoms with E-state index >= 15 is 0 Å². The second kappa shape index (κ2) is 7.98. The van der Waals surface area contributed by atoms with Gasteiger partial charge in [-0.05, 0) is 85.2 Å². The Morgan fingerprint density at radius 3 is 2.67 bits per heavy atom. The Hall–Kier alpha value is -1.33. The molecule has 2 N–H and O–H groups in total. The topological polar surface area (TPSA) is 76.0 Å².